The molecule has 1 unspecified atom stereocenters. The predicted molar refractivity (Wildman–Crippen MR) is 41.7 cm³/mol. The minimum atomic E-state index is -0.167. The highest BCUT2D eigenvalue weighted by molar-refractivity contribution is 5.85. The summed E-state index contributed by atoms with van der Waals surface area (Å²) < 4.78 is 0. The number of nitrogens with one attached hydrogen (secondary N) is 1. The first kappa shape index (κ1) is 9.59. The minimum absolute atomic E-state index is 0.0704. The Morgan fingerprint density at radius 2 is 2.10 bits per heavy atom. The van der Waals surface area contributed by atoms with Crippen LogP contribution >= 0.6 is 0 Å². The molecule has 0 heterocycles. The number of Topliss-reactive ketones (excluding diaryl/α,β-unsaturated/α-hetero) is 1. The summed E-state index contributed by atoms with van der Waals surface area (Å²) in [6, 6.07) is -0.167. The molecule has 0 aromatic carbocycles. The lowest BCUT2D eigenvalue weighted by Gasteiger charge is -2.13. The molecule has 0 radical (unpaired) electrons. The average molecular weight is 144 g/mol. The maximum Gasteiger partial charge on any atom is 0.153 e. The van der Waals surface area contributed by atoms with Crippen molar-refractivity contribution in [1.29, 1.82) is 0 Å². The van der Waals surface area contributed by atoms with E-state index in [2.05, 4.69) is 5.32 Å². The van der Waals surface area contributed by atoms with E-state index in [9.17, 15) is 4.79 Å². The molecule has 3 heteroatoms. The van der Waals surface area contributed by atoms with Crippen LogP contribution in [0.15, 0.2) is 0 Å². The quantitative estimate of drug-likeness (QED) is 0.572. The van der Waals surface area contributed by atoms with E-state index < -0.39 is 0 Å². The van der Waals surface area contributed by atoms with Gasteiger partial charge in [-0.1, -0.05) is 13.8 Å². The summed E-state index contributed by atoms with van der Waals surface area (Å²) in [4.78, 5) is 11.2. The second-order valence-electron chi connectivity index (χ2n) is 2.63. The van der Waals surface area contributed by atoms with Crippen molar-refractivity contribution >= 4 is 5.78 Å². The third-order valence-corrected chi connectivity index (χ3v) is 1.50. The highest BCUT2D eigenvalue weighted by Crippen LogP contribution is 1.97. The van der Waals surface area contributed by atoms with Gasteiger partial charge in [0.15, 0.2) is 5.78 Å². The molecule has 10 heavy (non-hydrogen) atoms. The maximum atomic E-state index is 11.2. The Labute approximate surface area is 62.0 Å². The van der Waals surface area contributed by atoms with Crippen LogP contribution in [0, 0.1) is 5.92 Å². The van der Waals surface area contributed by atoms with Gasteiger partial charge in [0.2, 0.25) is 0 Å². The lowest BCUT2D eigenvalue weighted by atomic mass is 10.0. The van der Waals surface area contributed by atoms with Crippen LogP contribution in [0.2, 0.25) is 0 Å². The van der Waals surface area contributed by atoms with E-state index in [0.717, 1.165) is 0 Å². The maximum absolute atomic E-state index is 11.2. The molecule has 0 rings (SSSR count). The van der Waals surface area contributed by atoms with Gasteiger partial charge in [0.05, 0.1) is 6.04 Å². The minimum Gasteiger partial charge on any atom is -0.328 e. The van der Waals surface area contributed by atoms with Gasteiger partial charge < -0.3 is 11.1 Å². The molecule has 60 valence electrons. The highest BCUT2D eigenvalue weighted by Gasteiger charge is 2.16. The normalized spacial score (nSPS) is 13.7. The van der Waals surface area contributed by atoms with Crippen molar-refractivity contribution in [3.8, 4) is 0 Å². The van der Waals surface area contributed by atoms with E-state index >= 15 is 0 Å². The summed E-state index contributed by atoms with van der Waals surface area (Å²) in [5.74, 6) is 0.256. The van der Waals surface area contributed by atoms with Gasteiger partial charge in [0, 0.05) is 12.5 Å². The first-order chi connectivity index (χ1) is 4.63. The Morgan fingerprint density at radius 3 is 2.20 bits per heavy atom. The summed E-state index contributed by atoms with van der Waals surface area (Å²) in [5.41, 5.74) is 5.34. The number of ketones is 1. The molecule has 0 amide bonds. The molecular formula is C7H16N2O. The molecule has 0 aliphatic heterocycles. The molecule has 0 spiro atoms. The summed E-state index contributed by atoms with van der Waals surface area (Å²) >= 11 is 0. The molecular weight excluding hydrogens is 128 g/mol. The fourth-order valence-electron chi connectivity index (χ4n) is 0.779. The number of hydrogen-bond donors (Lipinski definition) is 2. The van der Waals surface area contributed by atoms with Gasteiger partial charge in [-0.3, -0.25) is 4.79 Å². The number of nitrogens with two attached hydrogens (primary N) is 1. The van der Waals surface area contributed by atoms with Crippen LogP contribution in [0.25, 0.3) is 0 Å². The standard InChI is InChI=1S/C7H16N2O/c1-5(2)7(10)6(4-8)9-3/h5-6,9H,4,8H2,1-3H3. The lowest BCUT2D eigenvalue weighted by Crippen LogP contribution is -2.42. The Kier molecular flexibility index (Phi) is 4.23. The summed E-state index contributed by atoms with van der Waals surface area (Å²) in [5, 5.41) is 2.86. The van der Waals surface area contributed by atoms with Gasteiger partial charge in [0.1, 0.15) is 0 Å². The van der Waals surface area contributed by atoms with E-state index in [0.29, 0.717) is 6.54 Å². The van der Waals surface area contributed by atoms with Gasteiger partial charge in [0.25, 0.3) is 0 Å². The summed E-state index contributed by atoms with van der Waals surface area (Å²) in [7, 11) is 1.75. The Hall–Kier alpha value is -0.410. The monoisotopic (exact) mass is 144 g/mol. The number of rotatable bonds is 4. The van der Waals surface area contributed by atoms with Gasteiger partial charge in [-0.05, 0) is 7.05 Å². The zero-order valence-electron chi connectivity index (χ0n) is 6.85. The number of carbonyl (C=O) groups excluding carboxylic acids is 1. The van der Waals surface area contributed by atoms with Crippen LogP contribution in [0.4, 0.5) is 0 Å². The number of likely N-dealkylation sites (N-methyl/N-ethyl adjacent to an activating group) is 1. The van der Waals surface area contributed by atoms with Crippen LogP contribution in [-0.2, 0) is 4.79 Å². The van der Waals surface area contributed by atoms with E-state index in [-0.39, 0.29) is 17.7 Å². The highest BCUT2D eigenvalue weighted by atomic mass is 16.1. The van der Waals surface area contributed by atoms with E-state index in [4.69, 9.17) is 5.73 Å². The third kappa shape index (κ3) is 2.45. The zero-order chi connectivity index (χ0) is 8.15. The van der Waals surface area contributed by atoms with Crippen molar-refractivity contribution in [2.45, 2.75) is 19.9 Å². The molecule has 0 saturated heterocycles. The smallest absolute Gasteiger partial charge is 0.153 e. The van der Waals surface area contributed by atoms with Crippen LogP contribution in [0.3, 0.4) is 0 Å². The fraction of sp³-hybridized carbons (Fsp3) is 0.857. The summed E-state index contributed by atoms with van der Waals surface area (Å²) in [6.45, 7) is 4.14. The topological polar surface area (TPSA) is 55.1 Å². The molecule has 0 aromatic heterocycles. The number of hydrogen-bond acceptors (Lipinski definition) is 3. The van der Waals surface area contributed by atoms with E-state index in [1.54, 1.807) is 7.05 Å². The largest absolute Gasteiger partial charge is 0.328 e. The molecule has 0 aromatic rings. The van der Waals surface area contributed by atoms with Crippen molar-refractivity contribution in [1.82, 2.24) is 5.32 Å². The van der Waals surface area contributed by atoms with Gasteiger partial charge in [-0.25, -0.2) is 0 Å². The van der Waals surface area contributed by atoms with Gasteiger partial charge >= 0.3 is 0 Å². The van der Waals surface area contributed by atoms with E-state index in [1.807, 2.05) is 13.8 Å². The lowest BCUT2D eigenvalue weighted by molar-refractivity contribution is -0.123. The average Bonchev–Trinajstić information content (AvgIpc) is 1.90. The molecule has 0 aliphatic rings. The SMILES string of the molecule is CNC(CN)C(=O)C(C)C. The van der Waals surface area contributed by atoms with Crippen LogP contribution in [0.1, 0.15) is 13.8 Å². The van der Waals surface area contributed by atoms with Crippen LogP contribution in [-0.4, -0.2) is 25.4 Å². The Bertz CT molecular complexity index is 108. The first-order valence-corrected chi connectivity index (χ1v) is 3.54. The number of carbonyl (C=O) groups is 1. The van der Waals surface area contributed by atoms with Gasteiger partial charge in [-0.2, -0.15) is 0 Å². The van der Waals surface area contributed by atoms with Crippen LogP contribution in [0.5, 0.6) is 0 Å². The predicted octanol–water partition coefficient (Wildman–Crippen LogP) is -0.242. The van der Waals surface area contributed by atoms with Crippen molar-refractivity contribution in [3.63, 3.8) is 0 Å². The molecule has 0 aliphatic carbocycles. The second kappa shape index (κ2) is 4.41. The zero-order valence-corrected chi connectivity index (χ0v) is 6.85. The molecule has 3 N–H and O–H groups in total. The van der Waals surface area contributed by atoms with Gasteiger partial charge in [-0.15, -0.1) is 0 Å². The second-order valence-corrected chi connectivity index (χ2v) is 2.63. The van der Waals surface area contributed by atoms with Crippen LogP contribution < -0.4 is 11.1 Å². The summed E-state index contributed by atoms with van der Waals surface area (Å²) in [6.07, 6.45) is 0. The molecule has 0 saturated carbocycles. The van der Waals surface area contributed by atoms with E-state index in [1.165, 1.54) is 0 Å². The van der Waals surface area contributed by atoms with Crippen molar-refractivity contribution in [2.75, 3.05) is 13.6 Å². The fourth-order valence-corrected chi connectivity index (χ4v) is 0.779. The molecule has 0 fully saturated rings. The van der Waals surface area contributed by atoms with Crippen molar-refractivity contribution < 1.29 is 4.79 Å². The Balaban J connectivity index is 3.89. The molecule has 0 bridgehead atoms. The molecule has 3 nitrogen and oxygen atoms in total. The van der Waals surface area contributed by atoms with Crippen molar-refractivity contribution in [3.05, 3.63) is 0 Å². The Morgan fingerprint density at radius 1 is 1.60 bits per heavy atom. The molecule has 1 atom stereocenters. The third-order valence-electron chi connectivity index (χ3n) is 1.50. The first-order valence-electron chi connectivity index (χ1n) is 3.54. The van der Waals surface area contributed by atoms with Crippen molar-refractivity contribution in [2.24, 2.45) is 11.7 Å².